The van der Waals surface area contributed by atoms with Crippen LogP contribution in [0.15, 0.2) is 34.7 Å². The minimum absolute atomic E-state index is 0.0696. The van der Waals surface area contributed by atoms with Crippen LogP contribution in [-0.2, 0) is 6.54 Å². The molecule has 1 heterocycles. The van der Waals surface area contributed by atoms with E-state index in [1.165, 1.54) is 30.3 Å². The number of aromatic hydroxyl groups is 2. The van der Waals surface area contributed by atoms with Crippen LogP contribution in [0.3, 0.4) is 0 Å². The number of carbonyl (C=O) groups excluding carboxylic acids is 1. The molecule has 0 radical (unpaired) electrons. The Kier molecular flexibility index (Phi) is 3.60. The highest BCUT2D eigenvalue weighted by Crippen LogP contribution is 2.25. The molecule has 7 nitrogen and oxygen atoms in total. The number of amides is 1. The molecule has 0 saturated heterocycles. The van der Waals surface area contributed by atoms with Crippen LogP contribution in [-0.4, -0.2) is 27.2 Å². The molecule has 2 aromatic rings. The van der Waals surface area contributed by atoms with Crippen molar-refractivity contribution in [3.63, 3.8) is 0 Å². The van der Waals surface area contributed by atoms with Gasteiger partial charge in [-0.2, -0.15) is 0 Å². The second-order valence-electron chi connectivity index (χ2n) is 3.93. The lowest BCUT2D eigenvalue weighted by Crippen LogP contribution is -2.22. The Hall–Kier alpha value is -2.96. The van der Waals surface area contributed by atoms with Crippen LogP contribution in [0.4, 0.5) is 0 Å². The van der Waals surface area contributed by atoms with Gasteiger partial charge in [-0.05, 0) is 24.3 Å². The largest absolute Gasteiger partial charge is 0.507 e. The molecule has 0 saturated carbocycles. The third kappa shape index (κ3) is 2.72. The maximum atomic E-state index is 11.8. The molecule has 0 spiro atoms. The minimum atomic E-state index is -1.21. The molecule has 0 aliphatic carbocycles. The zero-order valence-corrected chi connectivity index (χ0v) is 10.2. The van der Waals surface area contributed by atoms with Crippen molar-refractivity contribution in [3.8, 4) is 11.5 Å². The number of rotatable bonds is 4. The van der Waals surface area contributed by atoms with E-state index in [1.54, 1.807) is 0 Å². The second-order valence-corrected chi connectivity index (χ2v) is 3.93. The van der Waals surface area contributed by atoms with Crippen LogP contribution in [0.2, 0.25) is 0 Å². The number of hydrogen-bond acceptors (Lipinski definition) is 5. The highest BCUT2D eigenvalue weighted by atomic mass is 16.4. The summed E-state index contributed by atoms with van der Waals surface area (Å²) in [4.78, 5) is 22.4. The lowest BCUT2D eigenvalue weighted by Gasteiger charge is -2.07. The van der Waals surface area contributed by atoms with Gasteiger partial charge in [0.2, 0.25) is 5.76 Å². The van der Waals surface area contributed by atoms with Crippen LogP contribution in [0.5, 0.6) is 11.5 Å². The molecular weight excluding hydrogens is 266 g/mol. The maximum absolute atomic E-state index is 11.8. The average molecular weight is 277 g/mol. The molecule has 7 heteroatoms. The second kappa shape index (κ2) is 5.35. The first-order valence-corrected chi connectivity index (χ1v) is 5.60. The van der Waals surface area contributed by atoms with E-state index >= 15 is 0 Å². The highest BCUT2D eigenvalue weighted by Gasteiger charge is 2.16. The predicted octanol–water partition coefficient (Wildman–Crippen LogP) is 1.32. The topological polar surface area (TPSA) is 120 Å². The molecule has 104 valence electrons. The van der Waals surface area contributed by atoms with Crippen molar-refractivity contribution in [2.75, 3.05) is 0 Å². The number of phenolic OH excluding ortho intramolecular Hbond substituents is 2. The summed E-state index contributed by atoms with van der Waals surface area (Å²) in [5.41, 5.74) is -0.252. The third-order valence-corrected chi connectivity index (χ3v) is 2.54. The Balaban J connectivity index is 2.07. The van der Waals surface area contributed by atoms with E-state index in [-0.39, 0.29) is 35.1 Å². The molecule has 0 bridgehead atoms. The van der Waals surface area contributed by atoms with Gasteiger partial charge in [-0.15, -0.1) is 0 Å². The van der Waals surface area contributed by atoms with Gasteiger partial charge in [0.1, 0.15) is 22.8 Å². The molecule has 0 atom stereocenters. The van der Waals surface area contributed by atoms with Gasteiger partial charge in [-0.1, -0.05) is 6.07 Å². The van der Waals surface area contributed by atoms with E-state index in [1.807, 2.05) is 0 Å². The molecule has 1 aromatic carbocycles. The van der Waals surface area contributed by atoms with Crippen molar-refractivity contribution in [2.45, 2.75) is 6.54 Å². The number of benzene rings is 1. The lowest BCUT2D eigenvalue weighted by atomic mass is 10.1. The van der Waals surface area contributed by atoms with E-state index in [2.05, 4.69) is 5.32 Å². The minimum Gasteiger partial charge on any atom is -0.507 e. The third-order valence-electron chi connectivity index (χ3n) is 2.54. The van der Waals surface area contributed by atoms with Gasteiger partial charge < -0.3 is 25.1 Å². The van der Waals surface area contributed by atoms with Crippen LogP contribution in [0.25, 0.3) is 0 Å². The Morgan fingerprint density at radius 1 is 1.10 bits per heavy atom. The van der Waals surface area contributed by atoms with Gasteiger partial charge in [-0.3, -0.25) is 4.79 Å². The Morgan fingerprint density at radius 2 is 1.75 bits per heavy atom. The number of aromatic carboxylic acids is 1. The van der Waals surface area contributed by atoms with Crippen LogP contribution in [0, 0.1) is 0 Å². The highest BCUT2D eigenvalue weighted by molar-refractivity contribution is 5.99. The van der Waals surface area contributed by atoms with E-state index in [0.29, 0.717) is 0 Å². The summed E-state index contributed by atoms with van der Waals surface area (Å²) >= 11 is 0. The quantitative estimate of drug-likeness (QED) is 0.669. The molecule has 0 aliphatic heterocycles. The molecule has 0 unspecified atom stereocenters. The zero-order valence-electron chi connectivity index (χ0n) is 10.2. The monoisotopic (exact) mass is 277 g/mol. The number of phenols is 2. The molecule has 4 N–H and O–H groups in total. The fourth-order valence-corrected chi connectivity index (χ4v) is 1.60. The van der Waals surface area contributed by atoms with Crippen molar-refractivity contribution < 1.29 is 29.3 Å². The number of furan rings is 1. The summed E-state index contributed by atoms with van der Waals surface area (Å²) in [6.07, 6.45) is 0. The van der Waals surface area contributed by atoms with Gasteiger partial charge in [0.25, 0.3) is 5.91 Å². The number of hydrogen-bond donors (Lipinski definition) is 4. The van der Waals surface area contributed by atoms with Gasteiger partial charge in [0.15, 0.2) is 0 Å². The lowest BCUT2D eigenvalue weighted by molar-refractivity contribution is 0.0660. The molecule has 20 heavy (non-hydrogen) atoms. The fraction of sp³-hybridized carbons (Fsp3) is 0.0769. The maximum Gasteiger partial charge on any atom is 0.371 e. The smallest absolute Gasteiger partial charge is 0.371 e. The summed E-state index contributed by atoms with van der Waals surface area (Å²) in [5.74, 6) is -2.61. The van der Waals surface area contributed by atoms with Crippen LogP contribution >= 0.6 is 0 Å². The number of carboxylic acid groups (broad SMARTS) is 1. The summed E-state index contributed by atoms with van der Waals surface area (Å²) in [5, 5.41) is 30.1. The molecule has 2 rings (SSSR count). The van der Waals surface area contributed by atoms with Gasteiger partial charge in [0, 0.05) is 0 Å². The number of carboxylic acids is 1. The van der Waals surface area contributed by atoms with Gasteiger partial charge in [-0.25, -0.2) is 4.79 Å². The standard InChI is InChI=1S/C13H11NO6/c15-8-2-1-3-9(16)11(8)12(17)14-6-7-4-5-10(20-7)13(18)19/h1-5,15-16H,6H2,(H,14,17)(H,18,19). The van der Waals surface area contributed by atoms with Gasteiger partial charge >= 0.3 is 5.97 Å². The van der Waals surface area contributed by atoms with Crippen molar-refractivity contribution in [3.05, 3.63) is 47.4 Å². The SMILES string of the molecule is O=C(O)c1ccc(CNC(=O)c2c(O)cccc2O)o1. The van der Waals surface area contributed by atoms with Crippen molar-refractivity contribution >= 4 is 11.9 Å². The molecule has 1 aromatic heterocycles. The van der Waals surface area contributed by atoms with Crippen molar-refractivity contribution in [1.82, 2.24) is 5.32 Å². The molecule has 0 aliphatic rings. The summed E-state index contributed by atoms with van der Waals surface area (Å²) < 4.78 is 4.95. The first-order chi connectivity index (χ1) is 9.49. The van der Waals surface area contributed by atoms with Crippen LogP contribution in [0.1, 0.15) is 26.7 Å². The molecular formula is C13H11NO6. The summed E-state index contributed by atoms with van der Waals surface area (Å²) in [6, 6.07) is 6.61. The van der Waals surface area contributed by atoms with Gasteiger partial charge in [0.05, 0.1) is 6.54 Å². The van der Waals surface area contributed by atoms with E-state index < -0.39 is 11.9 Å². The Bertz CT molecular complexity index is 640. The first kappa shape index (κ1) is 13.5. The van der Waals surface area contributed by atoms with Crippen molar-refractivity contribution in [2.24, 2.45) is 0 Å². The van der Waals surface area contributed by atoms with Crippen LogP contribution < -0.4 is 5.32 Å². The predicted molar refractivity (Wildman–Crippen MR) is 66.6 cm³/mol. The Morgan fingerprint density at radius 3 is 2.30 bits per heavy atom. The summed E-state index contributed by atoms with van der Waals surface area (Å²) in [6.45, 7) is -0.0696. The zero-order chi connectivity index (χ0) is 14.7. The van der Waals surface area contributed by atoms with E-state index in [9.17, 15) is 19.8 Å². The average Bonchev–Trinajstić information content (AvgIpc) is 2.85. The molecule has 1 amide bonds. The normalized spacial score (nSPS) is 10.2. The van der Waals surface area contributed by atoms with Crippen molar-refractivity contribution in [1.29, 1.82) is 0 Å². The van der Waals surface area contributed by atoms with E-state index in [0.717, 1.165) is 0 Å². The summed E-state index contributed by atoms with van der Waals surface area (Å²) in [7, 11) is 0. The molecule has 0 fully saturated rings. The fourth-order valence-electron chi connectivity index (χ4n) is 1.60. The number of nitrogens with one attached hydrogen (secondary N) is 1. The Labute approximate surface area is 113 Å². The first-order valence-electron chi connectivity index (χ1n) is 5.60. The van der Waals surface area contributed by atoms with E-state index in [4.69, 9.17) is 9.52 Å². The number of carbonyl (C=O) groups is 2.